The molecule has 1 aliphatic heterocycles. The topological polar surface area (TPSA) is 222 Å². The van der Waals surface area contributed by atoms with E-state index < -0.39 is 41.4 Å². The molecule has 1 aliphatic rings. The Morgan fingerprint density at radius 1 is 1.09 bits per heavy atom. The summed E-state index contributed by atoms with van der Waals surface area (Å²) in [4.78, 5) is 44.4. The Balaban J connectivity index is 0.000000251. The minimum atomic E-state index is -2.62. The van der Waals surface area contributed by atoms with Gasteiger partial charge in [-0.3, -0.25) is 9.89 Å². The van der Waals surface area contributed by atoms with E-state index in [-0.39, 0.29) is 27.0 Å². The van der Waals surface area contributed by atoms with Crippen LogP contribution >= 0.6 is 23.2 Å². The highest BCUT2D eigenvalue weighted by Gasteiger charge is 2.53. The number of piperidine rings is 1. The normalized spacial score (nSPS) is 16.2. The van der Waals surface area contributed by atoms with Crippen LogP contribution in [0.25, 0.3) is 0 Å². The number of benzene rings is 1. The fourth-order valence-electron chi connectivity index (χ4n) is 3.41. The van der Waals surface area contributed by atoms with Gasteiger partial charge in [-0.2, -0.15) is 5.10 Å². The summed E-state index contributed by atoms with van der Waals surface area (Å²) in [5, 5.41) is 57.1. The molecule has 190 valence electrons. The second-order valence-corrected chi connectivity index (χ2v) is 8.21. The molecule has 1 saturated heterocycles. The highest BCUT2D eigenvalue weighted by Crippen LogP contribution is 2.30. The maximum Gasteiger partial charge on any atom is 0.358 e. The number of hydrogen-bond donors (Lipinski definition) is 8. The highest BCUT2D eigenvalue weighted by atomic mass is 35.5. The van der Waals surface area contributed by atoms with Gasteiger partial charge in [-0.1, -0.05) is 29.3 Å². The van der Waals surface area contributed by atoms with Crippen LogP contribution in [0, 0.1) is 5.92 Å². The first-order chi connectivity index (χ1) is 16.4. The first kappa shape index (κ1) is 28.0. The predicted molar refractivity (Wildman–Crippen MR) is 122 cm³/mol. The maximum absolute atomic E-state index is 12.0. The number of carbonyl (C=O) groups excluding carboxylic acids is 1. The molecule has 2 atom stereocenters. The summed E-state index contributed by atoms with van der Waals surface area (Å²) in [6.07, 6.45) is -0.431. The zero-order valence-electron chi connectivity index (χ0n) is 17.9. The molecule has 0 radical (unpaired) electrons. The van der Waals surface area contributed by atoms with Crippen LogP contribution in [0.2, 0.25) is 10.0 Å². The number of aliphatic hydroxyl groups excluding tert-OH is 1. The molecule has 1 aromatic carbocycles. The van der Waals surface area contributed by atoms with E-state index in [4.69, 9.17) is 38.5 Å². The monoisotopic (exact) mass is 532 g/mol. The van der Waals surface area contributed by atoms with Crippen molar-refractivity contribution in [2.24, 2.45) is 5.92 Å². The lowest BCUT2D eigenvalue weighted by molar-refractivity contribution is -0.194. The van der Waals surface area contributed by atoms with Crippen LogP contribution in [0.1, 0.15) is 33.7 Å². The van der Waals surface area contributed by atoms with Gasteiger partial charge in [0.2, 0.25) is 5.60 Å². The number of aliphatic hydroxyl groups is 2. The number of nitrogens with zero attached hydrogens (tertiary/aromatic N) is 1. The van der Waals surface area contributed by atoms with Gasteiger partial charge in [0, 0.05) is 12.1 Å². The first-order valence-electron chi connectivity index (χ1n) is 10.0. The SMILES string of the molecule is O=C(O)C(O)C(O)(C(=O)O)C1CCNCC1.O=C(O)c1n[nH]cc1NC(=O)c1c(Cl)cccc1Cl. The van der Waals surface area contributed by atoms with E-state index in [0.29, 0.717) is 25.9 Å². The Bertz CT molecular complexity index is 1080. The van der Waals surface area contributed by atoms with E-state index in [0.717, 1.165) is 0 Å². The van der Waals surface area contributed by atoms with Crippen molar-refractivity contribution in [3.05, 3.63) is 45.7 Å². The zero-order valence-corrected chi connectivity index (χ0v) is 19.4. The molecule has 13 nitrogen and oxygen atoms in total. The average Bonchev–Trinajstić information content (AvgIpc) is 3.27. The van der Waals surface area contributed by atoms with Crippen molar-refractivity contribution in [3.63, 3.8) is 0 Å². The Morgan fingerprint density at radius 2 is 1.66 bits per heavy atom. The zero-order chi connectivity index (χ0) is 26.3. The third-order valence-corrected chi connectivity index (χ3v) is 5.87. The molecule has 15 heteroatoms. The van der Waals surface area contributed by atoms with Crippen molar-refractivity contribution in [2.75, 3.05) is 18.4 Å². The Kier molecular flexibility index (Phi) is 9.56. The molecule has 0 saturated carbocycles. The lowest BCUT2D eigenvalue weighted by Gasteiger charge is -2.36. The Morgan fingerprint density at radius 3 is 2.14 bits per heavy atom. The molecular weight excluding hydrogens is 511 g/mol. The standard InChI is InChI=1S/C11H7Cl2N3O3.C9H15NO6/c12-5-2-1-3-6(13)8(5)10(17)15-7-4-14-16-9(7)11(18)19;11-6(7(12)13)9(16,8(14)15)5-1-3-10-4-2-5/h1-4H,(H,14,16)(H,15,17)(H,18,19);5-6,10-11,16H,1-4H2,(H,12,13)(H,14,15). The molecule has 8 N–H and O–H groups in total. The molecule has 0 spiro atoms. The number of carbonyl (C=O) groups is 4. The third-order valence-electron chi connectivity index (χ3n) is 5.24. The van der Waals surface area contributed by atoms with Gasteiger partial charge in [-0.05, 0) is 38.1 Å². The summed E-state index contributed by atoms with van der Waals surface area (Å²) < 4.78 is 0. The molecule has 3 rings (SSSR count). The molecule has 2 unspecified atom stereocenters. The molecular formula is C20H22Cl2N4O9. The minimum absolute atomic E-state index is 0.0356. The number of aromatic nitrogens is 2. The van der Waals surface area contributed by atoms with Crippen LogP contribution in [0.3, 0.4) is 0 Å². The number of nitrogens with one attached hydrogen (secondary N) is 3. The number of rotatable bonds is 7. The van der Waals surface area contributed by atoms with Gasteiger partial charge in [0.05, 0.1) is 21.3 Å². The van der Waals surface area contributed by atoms with Gasteiger partial charge in [-0.25, -0.2) is 14.4 Å². The number of aliphatic carboxylic acids is 2. The van der Waals surface area contributed by atoms with E-state index in [1.54, 1.807) is 6.07 Å². The van der Waals surface area contributed by atoms with Crippen LogP contribution in [0.5, 0.6) is 0 Å². The number of hydrogen-bond acceptors (Lipinski definition) is 8. The lowest BCUT2D eigenvalue weighted by atomic mass is 9.77. The van der Waals surface area contributed by atoms with E-state index in [9.17, 15) is 29.4 Å². The molecule has 1 fully saturated rings. The van der Waals surface area contributed by atoms with Crippen molar-refractivity contribution in [1.29, 1.82) is 0 Å². The van der Waals surface area contributed by atoms with E-state index in [1.807, 2.05) is 0 Å². The van der Waals surface area contributed by atoms with Gasteiger partial charge in [0.1, 0.15) is 0 Å². The second kappa shape index (κ2) is 12.0. The van der Waals surface area contributed by atoms with Gasteiger partial charge in [-0.15, -0.1) is 0 Å². The highest BCUT2D eigenvalue weighted by molar-refractivity contribution is 6.40. The third kappa shape index (κ3) is 6.46. The van der Waals surface area contributed by atoms with Crippen molar-refractivity contribution >= 4 is 52.7 Å². The number of aromatic amines is 1. The second-order valence-electron chi connectivity index (χ2n) is 7.40. The van der Waals surface area contributed by atoms with Crippen LogP contribution in [0.4, 0.5) is 5.69 Å². The van der Waals surface area contributed by atoms with Gasteiger partial charge >= 0.3 is 17.9 Å². The average molecular weight is 533 g/mol. The summed E-state index contributed by atoms with van der Waals surface area (Å²) in [6, 6.07) is 4.62. The van der Waals surface area contributed by atoms with E-state index in [2.05, 4.69) is 20.8 Å². The summed E-state index contributed by atoms with van der Waals surface area (Å²) in [5.41, 5.74) is -2.80. The number of anilines is 1. The van der Waals surface area contributed by atoms with E-state index in [1.165, 1.54) is 18.3 Å². The minimum Gasteiger partial charge on any atom is -0.479 e. The summed E-state index contributed by atoms with van der Waals surface area (Å²) in [5.74, 6) is -6.07. The van der Waals surface area contributed by atoms with E-state index >= 15 is 0 Å². The molecule has 1 amide bonds. The number of halogens is 2. The molecule has 1 aromatic heterocycles. The fourth-order valence-corrected chi connectivity index (χ4v) is 3.98. The number of amides is 1. The number of carboxylic acid groups (broad SMARTS) is 3. The maximum atomic E-state index is 12.0. The Labute approximate surface area is 207 Å². The quantitative estimate of drug-likeness (QED) is 0.250. The smallest absolute Gasteiger partial charge is 0.358 e. The number of carboxylic acids is 3. The van der Waals surface area contributed by atoms with Gasteiger partial charge < -0.3 is 36.2 Å². The van der Waals surface area contributed by atoms with Crippen molar-refractivity contribution < 1.29 is 44.7 Å². The summed E-state index contributed by atoms with van der Waals surface area (Å²) in [6.45, 7) is 0.985. The summed E-state index contributed by atoms with van der Waals surface area (Å²) in [7, 11) is 0. The van der Waals surface area contributed by atoms with Crippen LogP contribution in [-0.2, 0) is 9.59 Å². The van der Waals surface area contributed by atoms with Crippen molar-refractivity contribution in [1.82, 2.24) is 15.5 Å². The Hall–Kier alpha value is -3.23. The van der Waals surface area contributed by atoms with Crippen LogP contribution in [-0.4, -0.2) is 84.3 Å². The van der Waals surface area contributed by atoms with Crippen LogP contribution in [0.15, 0.2) is 24.4 Å². The van der Waals surface area contributed by atoms with Gasteiger partial charge in [0.25, 0.3) is 5.91 Å². The predicted octanol–water partition coefficient (Wildman–Crippen LogP) is 0.914. The van der Waals surface area contributed by atoms with Gasteiger partial charge in [0.15, 0.2) is 11.8 Å². The van der Waals surface area contributed by atoms with Crippen molar-refractivity contribution in [3.8, 4) is 0 Å². The molecule has 2 aromatic rings. The summed E-state index contributed by atoms with van der Waals surface area (Å²) >= 11 is 11.8. The van der Waals surface area contributed by atoms with Crippen molar-refractivity contribution in [2.45, 2.75) is 24.5 Å². The first-order valence-corrected chi connectivity index (χ1v) is 10.8. The molecule has 0 bridgehead atoms. The fraction of sp³-hybridized carbons (Fsp3) is 0.350. The number of H-pyrrole nitrogens is 1. The molecule has 2 heterocycles. The largest absolute Gasteiger partial charge is 0.479 e. The molecule has 0 aliphatic carbocycles. The number of aromatic carboxylic acids is 1. The molecule has 35 heavy (non-hydrogen) atoms. The van der Waals surface area contributed by atoms with Crippen LogP contribution < -0.4 is 10.6 Å². The lowest BCUT2D eigenvalue weighted by Crippen LogP contribution is -2.59.